The van der Waals surface area contributed by atoms with Crippen LogP contribution in [0.5, 0.6) is 0 Å². The molecule has 0 amide bonds. The molecule has 0 saturated carbocycles. The number of halogens is 1. The maximum absolute atomic E-state index is 12.3. The Hall–Kier alpha value is -0.890. The molecule has 6 nitrogen and oxygen atoms in total. The molecular weight excluding hydrogens is 300 g/mol. The molecule has 0 radical (unpaired) electrons. The van der Waals surface area contributed by atoms with Crippen LogP contribution in [-0.2, 0) is 10.0 Å². The summed E-state index contributed by atoms with van der Waals surface area (Å²) in [7, 11) is 0.144. The lowest BCUT2D eigenvalue weighted by molar-refractivity contribution is 0.248. The molecular formula is C12H19ClN4O2S. The molecule has 0 bridgehead atoms. The van der Waals surface area contributed by atoms with Gasteiger partial charge in [-0.25, -0.2) is 18.1 Å². The van der Waals surface area contributed by atoms with Gasteiger partial charge in [0.15, 0.2) is 0 Å². The van der Waals surface area contributed by atoms with E-state index in [4.69, 9.17) is 11.6 Å². The quantitative estimate of drug-likeness (QED) is 0.871. The van der Waals surface area contributed by atoms with Gasteiger partial charge in [-0.1, -0.05) is 11.6 Å². The van der Waals surface area contributed by atoms with Gasteiger partial charge in [0, 0.05) is 19.3 Å². The van der Waals surface area contributed by atoms with Crippen molar-refractivity contribution in [3.05, 3.63) is 17.3 Å². The van der Waals surface area contributed by atoms with Gasteiger partial charge in [-0.2, -0.15) is 0 Å². The van der Waals surface area contributed by atoms with Gasteiger partial charge in [0.2, 0.25) is 10.0 Å². The van der Waals surface area contributed by atoms with Crippen LogP contribution >= 0.6 is 11.6 Å². The Morgan fingerprint density at radius 1 is 1.40 bits per heavy atom. The summed E-state index contributed by atoms with van der Waals surface area (Å²) in [6.45, 7) is 1.79. The van der Waals surface area contributed by atoms with Crippen LogP contribution in [0.2, 0.25) is 5.02 Å². The third-order valence-corrected chi connectivity index (χ3v) is 5.18. The molecule has 0 atom stereocenters. The second-order valence-corrected chi connectivity index (χ2v) is 7.07. The summed E-state index contributed by atoms with van der Waals surface area (Å²) < 4.78 is 27.3. The van der Waals surface area contributed by atoms with E-state index in [1.165, 1.54) is 12.3 Å². The highest BCUT2D eigenvalue weighted by Gasteiger charge is 2.24. The number of nitrogens with one attached hydrogen (secondary N) is 2. The molecule has 112 valence electrons. The zero-order valence-corrected chi connectivity index (χ0v) is 13.1. The van der Waals surface area contributed by atoms with Crippen molar-refractivity contribution in [1.82, 2.24) is 14.6 Å². The topological polar surface area (TPSA) is 74.3 Å². The summed E-state index contributed by atoms with van der Waals surface area (Å²) in [5, 5.41) is 3.09. The summed E-state index contributed by atoms with van der Waals surface area (Å²) >= 11 is 5.97. The van der Waals surface area contributed by atoms with Gasteiger partial charge in [-0.05, 0) is 39.0 Å². The molecule has 2 rings (SSSR count). The van der Waals surface area contributed by atoms with Crippen LogP contribution in [0.1, 0.15) is 12.8 Å². The van der Waals surface area contributed by atoms with Crippen LogP contribution in [0.15, 0.2) is 17.2 Å². The van der Waals surface area contributed by atoms with Crippen molar-refractivity contribution >= 4 is 27.4 Å². The van der Waals surface area contributed by atoms with Gasteiger partial charge in [-0.15, -0.1) is 0 Å². The highest BCUT2D eigenvalue weighted by Crippen LogP contribution is 2.22. The number of hydrogen-bond acceptors (Lipinski definition) is 5. The number of pyridine rings is 1. The second kappa shape index (κ2) is 6.26. The maximum Gasteiger partial charge on any atom is 0.242 e. The normalized spacial score (nSPS) is 18.1. The maximum atomic E-state index is 12.3. The van der Waals surface area contributed by atoms with Gasteiger partial charge >= 0.3 is 0 Å². The van der Waals surface area contributed by atoms with Crippen LogP contribution in [0.3, 0.4) is 0 Å². The van der Waals surface area contributed by atoms with Gasteiger partial charge in [0.25, 0.3) is 0 Å². The van der Waals surface area contributed by atoms with E-state index in [0.29, 0.717) is 10.8 Å². The van der Waals surface area contributed by atoms with Gasteiger partial charge in [-0.3, -0.25) is 0 Å². The van der Waals surface area contributed by atoms with Crippen LogP contribution in [0.4, 0.5) is 5.82 Å². The highest BCUT2D eigenvalue weighted by molar-refractivity contribution is 7.89. The Morgan fingerprint density at radius 3 is 2.60 bits per heavy atom. The monoisotopic (exact) mass is 318 g/mol. The van der Waals surface area contributed by atoms with Crippen LogP contribution in [-0.4, -0.2) is 51.5 Å². The molecule has 1 saturated heterocycles. The molecule has 8 heteroatoms. The predicted octanol–water partition coefficient (Wildman–Crippen LogP) is 1.15. The number of hydrogen-bond donors (Lipinski definition) is 2. The van der Waals surface area contributed by atoms with Gasteiger partial charge in [0.05, 0.1) is 5.02 Å². The van der Waals surface area contributed by atoms with E-state index in [0.717, 1.165) is 25.9 Å². The molecule has 0 unspecified atom stereocenters. The van der Waals surface area contributed by atoms with E-state index in [9.17, 15) is 8.42 Å². The van der Waals surface area contributed by atoms with Crippen LogP contribution < -0.4 is 10.0 Å². The third kappa shape index (κ3) is 3.60. The smallest absolute Gasteiger partial charge is 0.242 e. The van der Waals surface area contributed by atoms with Crippen LogP contribution in [0.25, 0.3) is 0 Å². The van der Waals surface area contributed by atoms with Gasteiger partial charge in [0.1, 0.15) is 10.7 Å². The van der Waals surface area contributed by atoms with Crippen molar-refractivity contribution in [2.45, 2.75) is 23.8 Å². The first-order chi connectivity index (χ1) is 9.42. The minimum absolute atomic E-state index is 0.0287. The predicted molar refractivity (Wildman–Crippen MR) is 79.6 cm³/mol. The number of anilines is 1. The van der Waals surface area contributed by atoms with E-state index in [1.54, 1.807) is 7.05 Å². The molecule has 0 spiro atoms. The zero-order chi connectivity index (χ0) is 14.8. The standard InChI is InChI=1S/C12H19ClN4O2S/c1-14-12-11(13)7-10(8-15-12)20(18,19)16-9-3-5-17(2)6-4-9/h7-9,16H,3-6H2,1-2H3,(H,14,15). The molecule has 0 aromatic carbocycles. The Balaban J connectivity index is 2.12. The lowest BCUT2D eigenvalue weighted by Gasteiger charge is -2.29. The first-order valence-electron chi connectivity index (χ1n) is 6.46. The number of piperidine rings is 1. The number of likely N-dealkylation sites (tertiary alicyclic amines) is 1. The fourth-order valence-corrected chi connectivity index (χ4v) is 3.77. The molecule has 0 aliphatic carbocycles. The van der Waals surface area contributed by atoms with Crippen molar-refractivity contribution < 1.29 is 8.42 Å². The minimum Gasteiger partial charge on any atom is -0.372 e. The molecule has 1 aliphatic rings. The fraction of sp³-hybridized carbons (Fsp3) is 0.583. The number of rotatable bonds is 4. The molecule has 1 aromatic heterocycles. The summed E-state index contributed by atoms with van der Waals surface area (Å²) in [5.74, 6) is 0.463. The summed E-state index contributed by atoms with van der Waals surface area (Å²) in [6.07, 6.45) is 2.94. The highest BCUT2D eigenvalue weighted by atomic mass is 35.5. The molecule has 1 fully saturated rings. The second-order valence-electron chi connectivity index (χ2n) is 4.95. The van der Waals surface area contributed by atoms with E-state index in [1.807, 2.05) is 7.05 Å². The lowest BCUT2D eigenvalue weighted by atomic mass is 10.1. The summed E-state index contributed by atoms with van der Waals surface area (Å²) in [4.78, 5) is 6.28. The van der Waals surface area contributed by atoms with Crippen molar-refractivity contribution in [2.24, 2.45) is 0 Å². The molecule has 1 aromatic rings. The number of aromatic nitrogens is 1. The average molecular weight is 319 g/mol. The summed E-state index contributed by atoms with van der Waals surface area (Å²) in [6, 6.07) is 1.39. The Bertz CT molecular complexity index is 571. The Labute approximate surface area is 124 Å². The van der Waals surface area contributed by atoms with Crippen molar-refractivity contribution in [1.29, 1.82) is 0 Å². The molecule has 1 aliphatic heterocycles. The van der Waals surface area contributed by atoms with Crippen molar-refractivity contribution in [2.75, 3.05) is 32.5 Å². The van der Waals surface area contributed by atoms with Gasteiger partial charge < -0.3 is 10.2 Å². The SMILES string of the molecule is CNc1ncc(S(=O)(=O)NC2CCN(C)CC2)cc1Cl. The number of sulfonamides is 1. The van der Waals surface area contributed by atoms with E-state index < -0.39 is 10.0 Å². The zero-order valence-electron chi connectivity index (χ0n) is 11.6. The first-order valence-corrected chi connectivity index (χ1v) is 8.32. The third-order valence-electron chi connectivity index (χ3n) is 3.40. The lowest BCUT2D eigenvalue weighted by Crippen LogP contribution is -2.43. The Morgan fingerprint density at radius 2 is 2.05 bits per heavy atom. The van der Waals surface area contributed by atoms with E-state index in [2.05, 4.69) is 19.9 Å². The van der Waals surface area contributed by atoms with Crippen molar-refractivity contribution in [3.8, 4) is 0 Å². The fourth-order valence-electron chi connectivity index (χ4n) is 2.17. The molecule has 2 heterocycles. The van der Waals surface area contributed by atoms with Crippen LogP contribution in [0, 0.1) is 0 Å². The van der Waals surface area contributed by atoms with E-state index >= 15 is 0 Å². The summed E-state index contributed by atoms with van der Waals surface area (Å²) in [5.41, 5.74) is 0. The Kier molecular flexibility index (Phi) is 4.85. The molecule has 20 heavy (non-hydrogen) atoms. The first kappa shape index (κ1) is 15.5. The largest absolute Gasteiger partial charge is 0.372 e. The van der Waals surface area contributed by atoms with E-state index in [-0.39, 0.29) is 10.9 Å². The van der Waals surface area contributed by atoms with Crippen molar-refractivity contribution in [3.63, 3.8) is 0 Å². The molecule has 2 N–H and O–H groups in total. The number of nitrogens with zero attached hydrogens (tertiary/aromatic N) is 2. The average Bonchev–Trinajstić information content (AvgIpc) is 2.41. The minimum atomic E-state index is -3.57.